The Morgan fingerprint density at radius 1 is 0.688 bits per heavy atom. The van der Waals surface area contributed by atoms with Gasteiger partial charge in [0.15, 0.2) is 5.79 Å². The first-order valence-corrected chi connectivity index (χ1v) is 13.8. The minimum absolute atomic E-state index is 0.227. The molecule has 0 saturated heterocycles. The number of hydrogen-bond donors (Lipinski definition) is 0. The highest BCUT2D eigenvalue weighted by atomic mass is 17.2. The van der Waals surface area contributed by atoms with Crippen molar-refractivity contribution < 1.29 is 24.0 Å². The first-order chi connectivity index (χ1) is 15.6. The topological polar surface area (TPSA) is 46.2 Å². The van der Waals surface area contributed by atoms with E-state index in [4.69, 9.17) is 24.0 Å². The van der Waals surface area contributed by atoms with Crippen LogP contribution in [-0.2, 0) is 24.0 Å². The Hall–Kier alpha value is -0.200. The highest BCUT2D eigenvalue weighted by Crippen LogP contribution is 2.60. The second kappa shape index (κ2) is 9.81. The molecular formula is C27H46O5. The smallest absolute Gasteiger partial charge is 0.207 e. The van der Waals surface area contributed by atoms with Gasteiger partial charge < -0.3 is 14.2 Å². The van der Waals surface area contributed by atoms with Crippen molar-refractivity contribution in [2.75, 3.05) is 20.3 Å². The molecule has 0 aromatic heterocycles. The minimum Gasteiger partial charge on any atom is -0.350 e. The molecule has 6 rings (SSSR count). The van der Waals surface area contributed by atoms with Gasteiger partial charge in [0, 0.05) is 45.0 Å². The molecule has 4 bridgehead atoms. The molecule has 6 saturated carbocycles. The van der Waals surface area contributed by atoms with Crippen molar-refractivity contribution in [3.8, 4) is 0 Å². The van der Waals surface area contributed by atoms with E-state index in [1.54, 1.807) is 0 Å². The Kier molecular flexibility index (Phi) is 7.22. The Morgan fingerprint density at radius 3 is 1.72 bits per heavy atom. The first-order valence-electron chi connectivity index (χ1n) is 13.8. The normalized spacial score (nSPS) is 43.6. The lowest BCUT2D eigenvalue weighted by atomic mass is 9.53. The van der Waals surface area contributed by atoms with Crippen LogP contribution in [0.4, 0.5) is 0 Å². The molecule has 0 radical (unpaired) electrons. The zero-order valence-electron chi connectivity index (χ0n) is 20.7. The molecule has 0 aromatic rings. The van der Waals surface area contributed by atoms with E-state index in [0.29, 0.717) is 11.8 Å². The van der Waals surface area contributed by atoms with Crippen LogP contribution >= 0.6 is 0 Å². The highest BCUT2D eigenvalue weighted by molar-refractivity contribution is 5.03. The average Bonchev–Trinajstić information content (AvgIpc) is 2.80. The Labute approximate surface area is 195 Å². The molecule has 0 amide bonds. The third-order valence-electron chi connectivity index (χ3n) is 9.90. The third-order valence-corrected chi connectivity index (χ3v) is 9.90. The van der Waals surface area contributed by atoms with E-state index in [1.807, 2.05) is 7.11 Å². The lowest BCUT2D eigenvalue weighted by Crippen LogP contribution is -2.60. The molecule has 0 N–H and O–H groups in total. The molecule has 6 aliphatic carbocycles. The van der Waals surface area contributed by atoms with Gasteiger partial charge in [0.25, 0.3) is 0 Å². The zero-order chi connectivity index (χ0) is 22.2. The molecule has 0 aliphatic heterocycles. The molecule has 0 aromatic carbocycles. The number of hydrogen-bond acceptors (Lipinski definition) is 5. The third kappa shape index (κ3) is 4.42. The summed E-state index contributed by atoms with van der Waals surface area (Å²) in [5.74, 6) is 3.68. The second-order valence-electron chi connectivity index (χ2n) is 11.6. The fourth-order valence-electron chi connectivity index (χ4n) is 8.55. The van der Waals surface area contributed by atoms with Crippen molar-refractivity contribution in [3.05, 3.63) is 0 Å². The van der Waals surface area contributed by atoms with Crippen LogP contribution in [0.25, 0.3) is 0 Å². The molecule has 5 heteroatoms. The van der Waals surface area contributed by atoms with E-state index < -0.39 is 5.79 Å². The Morgan fingerprint density at radius 2 is 1.22 bits per heavy atom. The van der Waals surface area contributed by atoms with Gasteiger partial charge in [0.2, 0.25) is 5.79 Å². The van der Waals surface area contributed by atoms with Crippen molar-refractivity contribution in [3.63, 3.8) is 0 Å². The standard InChI is InChI=1S/C27H46O5/c1-4-29-26(30-5-2)12-10-22(11-13-26)21-6-8-25(9-7-21)31-32-27(28-3)23-15-19-14-20(17-23)18-24(27)16-19/h19-25H,4-18H2,1-3H3. The molecular weight excluding hydrogens is 404 g/mol. The summed E-state index contributed by atoms with van der Waals surface area (Å²) in [4.78, 5) is 12.5. The van der Waals surface area contributed by atoms with Gasteiger partial charge in [0.05, 0.1) is 6.10 Å². The molecule has 5 nitrogen and oxygen atoms in total. The van der Waals surface area contributed by atoms with Gasteiger partial charge in [-0.3, -0.25) is 0 Å². The van der Waals surface area contributed by atoms with Crippen LogP contribution in [0, 0.1) is 35.5 Å². The fourth-order valence-corrected chi connectivity index (χ4v) is 8.55. The van der Waals surface area contributed by atoms with Crippen LogP contribution in [0.1, 0.15) is 97.3 Å². The minimum atomic E-state index is -0.477. The highest BCUT2D eigenvalue weighted by Gasteiger charge is 2.60. The predicted molar refractivity (Wildman–Crippen MR) is 123 cm³/mol. The molecule has 32 heavy (non-hydrogen) atoms. The van der Waals surface area contributed by atoms with E-state index in [-0.39, 0.29) is 11.9 Å². The largest absolute Gasteiger partial charge is 0.350 e. The molecule has 6 fully saturated rings. The number of rotatable bonds is 9. The quantitative estimate of drug-likeness (QED) is 0.236. The molecule has 0 atom stereocenters. The zero-order valence-corrected chi connectivity index (χ0v) is 20.7. The van der Waals surface area contributed by atoms with E-state index in [0.717, 1.165) is 62.6 Å². The lowest BCUT2D eigenvalue weighted by Gasteiger charge is -2.58. The van der Waals surface area contributed by atoms with E-state index in [1.165, 1.54) is 57.8 Å². The van der Waals surface area contributed by atoms with Gasteiger partial charge in [0.1, 0.15) is 0 Å². The maximum absolute atomic E-state index is 6.30. The van der Waals surface area contributed by atoms with Gasteiger partial charge in [-0.15, -0.1) is 0 Å². The summed E-state index contributed by atoms with van der Waals surface area (Å²) >= 11 is 0. The van der Waals surface area contributed by atoms with E-state index >= 15 is 0 Å². The summed E-state index contributed by atoms with van der Waals surface area (Å²) in [7, 11) is 1.84. The van der Waals surface area contributed by atoms with Crippen LogP contribution in [0.5, 0.6) is 0 Å². The van der Waals surface area contributed by atoms with Crippen LogP contribution in [0.15, 0.2) is 0 Å². The molecule has 0 heterocycles. The summed E-state index contributed by atoms with van der Waals surface area (Å²) in [5.41, 5.74) is 0. The van der Waals surface area contributed by atoms with Gasteiger partial charge in [-0.1, -0.05) is 0 Å². The Bertz CT molecular complexity index is 569. The average molecular weight is 451 g/mol. The summed E-state index contributed by atoms with van der Waals surface area (Å²) < 4.78 is 18.2. The Balaban J connectivity index is 1.09. The number of ether oxygens (including phenoxy) is 3. The predicted octanol–water partition coefficient (Wildman–Crippen LogP) is 6.25. The van der Waals surface area contributed by atoms with Crippen LogP contribution < -0.4 is 0 Å². The summed E-state index contributed by atoms with van der Waals surface area (Å²) in [6.45, 7) is 5.62. The monoisotopic (exact) mass is 450 g/mol. The molecule has 6 aliphatic rings. The molecule has 0 unspecified atom stereocenters. The van der Waals surface area contributed by atoms with Gasteiger partial charge >= 0.3 is 0 Å². The second-order valence-corrected chi connectivity index (χ2v) is 11.6. The van der Waals surface area contributed by atoms with Gasteiger partial charge in [-0.25, -0.2) is 9.78 Å². The van der Waals surface area contributed by atoms with Crippen LogP contribution in [-0.4, -0.2) is 38.0 Å². The van der Waals surface area contributed by atoms with Crippen molar-refractivity contribution in [1.29, 1.82) is 0 Å². The maximum Gasteiger partial charge on any atom is 0.207 e. The van der Waals surface area contributed by atoms with E-state index in [2.05, 4.69) is 13.8 Å². The lowest BCUT2D eigenvalue weighted by molar-refractivity contribution is -0.486. The first kappa shape index (κ1) is 23.5. The van der Waals surface area contributed by atoms with Crippen molar-refractivity contribution in [2.24, 2.45) is 35.5 Å². The van der Waals surface area contributed by atoms with Crippen LogP contribution in [0.2, 0.25) is 0 Å². The van der Waals surface area contributed by atoms with Crippen LogP contribution in [0.3, 0.4) is 0 Å². The van der Waals surface area contributed by atoms with Gasteiger partial charge in [-0.05, 0) is 108 Å². The summed E-state index contributed by atoms with van der Waals surface area (Å²) in [6.07, 6.45) is 16.0. The van der Waals surface area contributed by atoms with Gasteiger partial charge in [-0.2, -0.15) is 0 Å². The van der Waals surface area contributed by atoms with Crippen molar-refractivity contribution in [1.82, 2.24) is 0 Å². The molecule has 0 spiro atoms. The number of methoxy groups -OCH3 is 1. The summed E-state index contributed by atoms with van der Waals surface area (Å²) in [5, 5.41) is 0. The van der Waals surface area contributed by atoms with E-state index in [9.17, 15) is 0 Å². The molecule has 184 valence electrons. The fraction of sp³-hybridized carbons (Fsp3) is 1.00. The maximum atomic E-state index is 6.30. The van der Waals surface area contributed by atoms with Crippen molar-refractivity contribution in [2.45, 2.75) is 115 Å². The van der Waals surface area contributed by atoms with Crippen molar-refractivity contribution >= 4 is 0 Å². The summed E-state index contributed by atoms with van der Waals surface area (Å²) in [6, 6.07) is 0. The SMILES string of the molecule is CCOC1(OCC)CCC(C2CCC(OOC3(OC)C4CC5CC(C4)CC3C5)CC2)CC1.